The minimum Gasteiger partial charge on any atom is -0.435 e. The summed E-state index contributed by atoms with van der Waals surface area (Å²) in [4.78, 5) is 23.7. The quantitative estimate of drug-likeness (QED) is 0.209. The number of nitrogens with zero attached hydrogens (tertiary/aromatic N) is 2. The number of ketones is 1. The highest BCUT2D eigenvalue weighted by atomic mass is 32.2. The summed E-state index contributed by atoms with van der Waals surface area (Å²) in [6.07, 6.45) is 2.48. The molecule has 194 valence electrons. The standard InChI is InChI=1S/C23H19F4N5O4S/c1-11(2)31-22-17-14(9-28-21(17)29-10-30-22)20(33)18-15(24)7-8-16(19(18)25)32-37(34,35)13-5-3-12(4-6-13)36-23(26)27/h3-11,23,32H,1-2H3,(H2,28,29,30,31). The van der Waals surface area contributed by atoms with E-state index in [1.165, 1.54) is 12.5 Å². The first-order chi connectivity index (χ1) is 17.5. The summed E-state index contributed by atoms with van der Waals surface area (Å²) in [6, 6.07) is 5.37. The van der Waals surface area contributed by atoms with Gasteiger partial charge in [-0.15, -0.1) is 0 Å². The highest BCUT2D eigenvalue weighted by Gasteiger charge is 2.27. The number of rotatable bonds is 9. The zero-order chi connectivity index (χ0) is 26.9. The van der Waals surface area contributed by atoms with Crippen molar-refractivity contribution >= 4 is 38.3 Å². The predicted octanol–water partition coefficient (Wildman–Crippen LogP) is 4.69. The maximum absolute atomic E-state index is 15.4. The largest absolute Gasteiger partial charge is 0.435 e. The molecule has 2 heterocycles. The van der Waals surface area contributed by atoms with Gasteiger partial charge in [-0.05, 0) is 50.2 Å². The number of hydrogen-bond acceptors (Lipinski definition) is 7. The average Bonchev–Trinajstić information content (AvgIpc) is 3.26. The van der Waals surface area contributed by atoms with Crippen LogP contribution < -0.4 is 14.8 Å². The number of carbonyl (C=O) groups is 1. The minimum atomic E-state index is -4.45. The van der Waals surface area contributed by atoms with E-state index in [1.54, 1.807) is 0 Å². The maximum Gasteiger partial charge on any atom is 0.387 e. The molecule has 4 rings (SSSR count). The lowest BCUT2D eigenvalue weighted by atomic mass is 10.0. The minimum absolute atomic E-state index is 0.0850. The molecular formula is C23H19F4N5O4S. The molecule has 0 unspecified atom stereocenters. The van der Waals surface area contributed by atoms with Gasteiger partial charge in [0.25, 0.3) is 10.0 Å². The van der Waals surface area contributed by atoms with Crippen LogP contribution in [0.1, 0.15) is 29.8 Å². The molecule has 0 radical (unpaired) electrons. The lowest BCUT2D eigenvalue weighted by Crippen LogP contribution is -2.17. The Bertz CT molecular complexity index is 1570. The molecule has 0 spiro atoms. The van der Waals surface area contributed by atoms with Crippen LogP contribution in [0.25, 0.3) is 11.0 Å². The van der Waals surface area contributed by atoms with Crippen molar-refractivity contribution in [2.75, 3.05) is 10.0 Å². The van der Waals surface area contributed by atoms with E-state index in [1.807, 2.05) is 18.6 Å². The van der Waals surface area contributed by atoms with Gasteiger partial charge in [0.2, 0.25) is 5.78 Å². The number of aromatic amines is 1. The molecule has 0 aliphatic rings. The second-order valence-corrected chi connectivity index (χ2v) is 9.70. The van der Waals surface area contributed by atoms with Crippen LogP contribution in [0.5, 0.6) is 5.75 Å². The third-order valence-corrected chi connectivity index (χ3v) is 6.44. The first-order valence-electron chi connectivity index (χ1n) is 10.7. The normalized spacial score (nSPS) is 11.8. The van der Waals surface area contributed by atoms with Gasteiger partial charge in [0.1, 0.15) is 29.4 Å². The molecule has 0 aliphatic carbocycles. The fourth-order valence-corrected chi connectivity index (χ4v) is 4.56. The Balaban J connectivity index is 1.70. The zero-order valence-electron chi connectivity index (χ0n) is 19.2. The average molecular weight is 537 g/mol. The molecule has 2 aromatic carbocycles. The number of nitrogens with one attached hydrogen (secondary N) is 3. The van der Waals surface area contributed by atoms with E-state index in [9.17, 15) is 26.4 Å². The highest BCUT2D eigenvalue weighted by Crippen LogP contribution is 2.30. The van der Waals surface area contributed by atoms with Gasteiger partial charge in [-0.1, -0.05) is 0 Å². The summed E-state index contributed by atoms with van der Waals surface area (Å²) in [7, 11) is -4.45. The van der Waals surface area contributed by atoms with Crippen LogP contribution in [0.4, 0.5) is 29.1 Å². The lowest BCUT2D eigenvalue weighted by Gasteiger charge is -2.13. The van der Waals surface area contributed by atoms with Crippen LogP contribution >= 0.6 is 0 Å². The molecule has 4 aromatic rings. The summed E-state index contributed by atoms with van der Waals surface area (Å²) in [5.41, 5.74) is -1.58. The van der Waals surface area contributed by atoms with E-state index >= 15 is 4.39 Å². The molecule has 2 aromatic heterocycles. The number of sulfonamides is 1. The number of hydrogen-bond donors (Lipinski definition) is 3. The third-order valence-electron chi connectivity index (χ3n) is 5.06. The Labute approximate surface area is 207 Å². The maximum atomic E-state index is 15.4. The molecular weight excluding hydrogens is 518 g/mol. The Morgan fingerprint density at radius 1 is 1.05 bits per heavy atom. The van der Waals surface area contributed by atoms with Crippen LogP contribution in [0.3, 0.4) is 0 Å². The van der Waals surface area contributed by atoms with Crippen molar-refractivity contribution < 1.29 is 35.5 Å². The second kappa shape index (κ2) is 10.0. The molecule has 37 heavy (non-hydrogen) atoms. The molecule has 0 aliphatic heterocycles. The number of aromatic nitrogens is 3. The molecule has 9 nitrogen and oxygen atoms in total. The SMILES string of the molecule is CC(C)Nc1ncnc2[nH]cc(C(=O)c3c(F)ccc(NS(=O)(=O)c4ccc(OC(F)F)cc4)c3F)c12. The van der Waals surface area contributed by atoms with Gasteiger partial charge in [0, 0.05) is 12.2 Å². The number of carbonyl (C=O) groups excluding carboxylic acids is 1. The van der Waals surface area contributed by atoms with Crippen molar-refractivity contribution in [3.05, 3.63) is 71.7 Å². The molecule has 14 heteroatoms. The van der Waals surface area contributed by atoms with E-state index < -0.39 is 50.2 Å². The molecule has 0 saturated carbocycles. The molecule has 0 saturated heterocycles. The smallest absolute Gasteiger partial charge is 0.387 e. The number of H-pyrrole nitrogens is 1. The number of benzene rings is 2. The molecule has 0 fully saturated rings. The number of fused-ring (bicyclic) bond motifs is 1. The number of anilines is 2. The van der Waals surface area contributed by atoms with Crippen molar-refractivity contribution in [1.82, 2.24) is 15.0 Å². The van der Waals surface area contributed by atoms with E-state index in [0.29, 0.717) is 0 Å². The van der Waals surface area contributed by atoms with Crippen LogP contribution in [-0.4, -0.2) is 41.8 Å². The van der Waals surface area contributed by atoms with Crippen LogP contribution in [0.15, 0.2) is 53.8 Å². The van der Waals surface area contributed by atoms with E-state index in [2.05, 4.69) is 25.0 Å². The van der Waals surface area contributed by atoms with Crippen molar-refractivity contribution in [3.8, 4) is 5.75 Å². The van der Waals surface area contributed by atoms with E-state index in [-0.39, 0.29) is 34.2 Å². The summed E-state index contributed by atoms with van der Waals surface area (Å²) >= 11 is 0. The monoisotopic (exact) mass is 537 g/mol. The van der Waals surface area contributed by atoms with Gasteiger partial charge in [0.05, 0.1) is 27.1 Å². The topological polar surface area (TPSA) is 126 Å². The van der Waals surface area contributed by atoms with E-state index in [0.717, 1.165) is 36.4 Å². The lowest BCUT2D eigenvalue weighted by molar-refractivity contribution is -0.0498. The van der Waals surface area contributed by atoms with Gasteiger partial charge in [0.15, 0.2) is 5.82 Å². The summed E-state index contributed by atoms with van der Waals surface area (Å²) in [6.45, 7) is 0.554. The first-order valence-corrected chi connectivity index (χ1v) is 12.1. The Morgan fingerprint density at radius 3 is 2.41 bits per heavy atom. The Kier molecular flexibility index (Phi) is 7.03. The fraction of sp³-hybridized carbons (Fsp3) is 0.174. The Morgan fingerprint density at radius 2 is 1.76 bits per heavy atom. The van der Waals surface area contributed by atoms with Gasteiger partial charge >= 0.3 is 6.61 Å². The highest BCUT2D eigenvalue weighted by molar-refractivity contribution is 7.92. The predicted molar refractivity (Wildman–Crippen MR) is 126 cm³/mol. The first kappa shape index (κ1) is 25.9. The zero-order valence-corrected chi connectivity index (χ0v) is 20.0. The number of ether oxygens (including phenoxy) is 1. The summed E-state index contributed by atoms with van der Waals surface area (Å²) in [5, 5.41) is 3.24. The van der Waals surface area contributed by atoms with Gasteiger partial charge in [-0.25, -0.2) is 27.2 Å². The fourth-order valence-electron chi connectivity index (χ4n) is 3.50. The van der Waals surface area contributed by atoms with Crippen LogP contribution in [0, 0.1) is 11.6 Å². The van der Waals surface area contributed by atoms with Crippen molar-refractivity contribution in [3.63, 3.8) is 0 Å². The van der Waals surface area contributed by atoms with Crippen LogP contribution in [-0.2, 0) is 10.0 Å². The van der Waals surface area contributed by atoms with Gasteiger partial charge < -0.3 is 15.0 Å². The summed E-state index contributed by atoms with van der Waals surface area (Å²) < 4.78 is 86.3. The molecule has 0 amide bonds. The Hall–Kier alpha value is -4.20. The van der Waals surface area contributed by atoms with E-state index in [4.69, 9.17) is 0 Å². The van der Waals surface area contributed by atoms with Gasteiger partial charge in [-0.2, -0.15) is 8.78 Å². The summed E-state index contributed by atoms with van der Waals surface area (Å²) in [5.74, 6) is -3.76. The van der Waals surface area contributed by atoms with Crippen molar-refractivity contribution in [2.45, 2.75) is 31.4 Å². The molecule has 0 bridgehead atoms. The van der Waals surface area contributed by atoms with Crippen molar-refractivity contribution in [1.29, 1.82) is 0 Å². The number of halogens is 4. The second-order valence-electron chi connectivity index (χ2n) is 8.02. The number of alkyl halides is 2. The van der Waals surface area contributed by atoms with Gasteiger partial charge in [-0.3, -0.25) is 9.52 Å². The molecule has 0 atom stereocenters. The third kappa shape index (κ3) is 5.33. The van der Waals surface area contributed by atoms with Crippen LogP contribution in [0.2, 0.25) is 0 Å². The molecule has 3 N–H and O–H groups in total. The van der Waals surface area contributed by atoms with Crippen molar-refractivity contribution in [2.24, 2.45) is 0 Å².